The molecule has 0 aromatic rings. The number of allylic oxidation sites excluding steroid dienone is 1. The molecule has 0 spiro atoms. The van der Waals surface area contributed by atoms with Crippen LogP contribution < -0.4 is 0 Å². The van der Waals surface area contributed by atoms with E-state index in [1.54, 1.807) is 0 Å². The molecule has 0 aromatic heterocycles. The van der Waals surface area contributed by atoms with Crippen LogP contribution in [-0.2, 0) is 4.74 Å². The number of fused-ring (bicyclic) bond motifs is 1. The Morgan fingerprint density at radius 2 is 2.12 bits per heavy atom. The van der Waals surface area contributed by atoms with Crippen molar-refractivity contribution in [2.24, 2.45) is 15.9 Å². The lowest BCUT2D eigenvalue weighted by Gasteiger charge is -2.26. The lowest BCUT2D eigenvalue weighted by atomic mass is 9.91. The predicted octanol–water partition coefficient (Wildman–Crippen LogP) is 2.42. The van der Waals surface area contributed by atoms with Crippen LogP contribution in [0.15, 0.2) is 22.1 Å². The molecular formula is C14H20N2O. The van der Waals surface area contributed by atoms with Crippen LogP contribution in [0.1, 0.15) is 32.6 Å². The van der Waals surface area contributed by atoms with Gasteiger partial charge in [0.2, 0.25) is 0 Å². The maximum Gasteiger partial charge on any atom is 0.0910 e. The maximum atomic E-state index is 5.41. The van der Waals surface area contributed by atoms with E-state index < -0.39 is 0 Å². The molecule has 3 aliphatic heterocycles. The van der Waals surface area contributed by atoms with Crippen LogP contribution in [0.25, 0.3) is 0 Å². The molecule has 1 saturated heterocycles. The van der Waals surface area contributed by atoms with Crippen molar-refractivity contribution in [2.75, 3.05) is 13.2 Å². The van der Waals surface area contributed by atoms with Gasteiger partial charge in [-0.3, -0.25) is 9.98 Å². The van der Waals surface area contributed by atoms with E-state index in [1.807, 2.05) is 0 Å². The number of nitrogens with zero attached hydrogens (tertiary/aromatic N) is 2. The third kappa shape index (κ3) is 2.21. The van der Waals surface area contributed by atoms with Crippen LogP contribution in [0, 0.1) is 5.92 Å². The lowest BCUT2D eigenvalue weighted by molar-refractivity contribution is 0.0828. The van der Waals surface area contributed by atoms with Crippen LogP contribution in [-0.4, -0.2) is 36.7 Å². The summed E-state index contributed by atoms with van der Waals surface area (Å²) in [6.45, 7) is 3.97. The smallest absolute Gasteiger partial charge is 0.0910 e. The Kier molecular flexibility index (Phi) is 3.10. The predicted molar refractivity (Wildman–Crippen MR) is 70.0 cm³/mol. The molecule has 92 valence electrons. The van der Waals surface area contributed by atoms with Gasteiger partial charge in [0.15, 0.2) is 0 Å². The van der Waals surface area contributed by atoms with E-state index in [-0.39, 0.29) is 0 Å². The molecule has 0 N–H and O–H groups in total. The maximum absolute atomic E-state index is 5.41. The number of hydrogen-bond donors (Lipinski definition) is 0. The third-order valence-electron chi connectivity index (χ3n) is 4.00. The number of rotatable bonds is 2. The van der Waals surface area contributed by atoms with Crippen molar-refractivity contribution in [3.63, 3.8) is 0 Å². The highest BCUT2D eigenvalue weighted by Gasteiger charge is 2.30. The molecule has 0 amide bonds. The molecule has 3 aliphatic rings. The molecule has 0 aliphatic carbocycles. The van der Waals surface area contributed by atoms with Crippen molar-refractivity contribution in [1.29, 1.82) is 0 Å². The molecule has 0 saturated carbocycles. The third-order valence-corrected chi connectivity index (χ3v) is 4.00. The average molecular weight is 232 g/mol. The van der Waals surface area contributed by atoms with Gasteiger partial charge in [0.25, 0.3) is 0 Å². The Bertz CT molecular complexity index is 378. The number of hydrogen-bond acceptors (Lipinski definition) is 3. The highest BCUT2D eigenvalue weighted by atomic mass is 16.5. The van der Waals surface area contributed by atoms with E-state index in [0.29, 0.717) is 18.0 Å². The van der Waals surface area contributed by atoms with Crippen molar-refractivity contribution < 1.29 is 4.74 Å². The summed E-state index contributed by atoms with van der Waals surface area (Å²) in [7, 11) is 0. The summed E-state index contributed by atoms with van der Waals surface area (Å²) >= 11 is 0. The first-order chi connectivity index (χ1) is 8.36. The zero-order valence-corrected chi connectivity index (χ0v) is 10.4. The Labute approximate surface area is 103 Å². The first-order valence-electron chi connectivity index (χ1n) is 6.76. The molecule has 0 bridgehead atoms. The molecular weight excluding hydrogens is 212 g/mol. The van der Waals surface area contributed by atoms with Crippen molar-refractivity contribution in [3.8, 4) is 0 Å². The summed E-state index contributed by atoms with van der Waals surface area (Å²) in [5.41, 5.74) is 2.63. The summed E-state index contributed by atoms with van der Waals surface area (Å²) in [6, 6.07) is 0.723. The van der Waals surface area contributed by atoms with Crippen LogP contribution in [0.3, 0.4) is 0 Å². The van der Waals surface area contributed by atoms with Gasteiger partial charge < -0.3 is 4.74 Å². The average Bonchev–Trinajstić information content (AvgIpc) is 2.81. The van der Waals surface area contributed by atoms with E-state index in [1.165, 1.54) is 11.4 Å². The molecule has 3 heteroatoms. The first-order valence-corrected chi connectivity index (χ1v) is 6.76. The second kappa shape index (κ2) is 4.73. The summed E-state index contributed by atoms with van der Waals surface area (Å²) in [5, 5.41) is 0. The van der Waals surface area contributed by atoms with Crippen LogP contribution >= 0.6 is 0 Å². The quantitative estimate of drug-likeness (QED) is 0.720. The minimum atomic E-state index is 0.327. The zero-order chi connectivity index (χ0) is 11.7. The highest BCUT2D eigenvalue weighted by Crippen LogP contribution is 2.27. The summed E-state index contributed by atoms with van der Waals surface area (Å²) in [5.74, 6) is 0.617. The van der Waals surface area contributed by atoms with Gasteiger partial charge in [0.1, 0.15) is 0 Å². The van der Waals surface area contributed by atoms with Gasteiger partial charge in [-0.2, -0.15) is 0 Å². The molecule has 2 atom stereocenters. The van der Waals surface area contributed by atoms with Crippen LogP contribution in [0.5, 0.6) is 0 Å². The van der Waals surface area contributed by atoms with Crippen LogP contribution in [0.2, 0.25) is 0 Å². The Morgan fingerprint density at radius 1 is 1.29 bits per heavy atom. The highest BCUT2D eigenvalue weighted by molar-refractivity contribution is 5.99. The molecule has 3 nitrogen and oxygen atoms in total. The largest absolute Gasteiger partial charge is 0.381 e. The molecule has 3 rings (SSSR count). The summed E-state index contributed by atoms with van der Waals surface area (Å²) in [6.07, 6.45) is 8.86. The van der Waals surface area contributed by atoms with Gasteiger partial charge in [0, 0.05) is 37.0 Å². The molecule has 0 aromatic carbocycles. The SMILES string of the molecule is CCC1=NC2C=CC(C3CCOCC3)=NC2C1. The Morgan fingerprint density at radius 3 is 2.88 bits per heavy atom. The van der Waals surface area contributed by atoms with Gasteiger partial charge in [0.05, 0.1) is 12.1 Å². The lowest BCUT2D eigenvalue weighted by Crippen LogP contribution is -2.28. The topological polar surface area (TPSA) is 34.0 Å². The zero-order valence-electron chi connectivity index (χ0n) is 10.4. The van der Waals surface area contributed by atoms with E-state index in [4.69, 9.17) is 14.7 Å². The van der Waals surface area contributed by atoms with Crippen molar-refractivity contribution in [1.82, 2.24) is 0 Å². The van der Waals surface area contributed by atoms with E-state index in [2.05, 4.69) is 19.1 Å². The Balaban J connectivity index is 1.71. The fourth-order valence-corrected chi connectivity index (χ4v) is 2.91. The van der Waals surface area contributed by atoms with Crippen molar-refractivity contribution in [3.05, 3.63) is 12.2 Å². The second-order valence-electron chi connectivity index (χ2n) is 5.11. The molecule has 1 fully saturated rings. The van der Waals surface area contributed by atoms with Gasteiger partial charge in [-0.05, 0) is 25.3 Å². The second-order valence-corrected chi connectivity index (χ2v) is 5.11. The fraction of sp³-hybridized carbons (Fsp3) is 0.714. The van der Waals surface area contributed by atoms with Gasteiger partial charge >= 0.3 is 0 Å². The van der Waals surface area contributed by atoms with E-state index in [9.17, 15) is 0 Å². The van der Waals surface area contributed by atoms with E-state index >= 15 is 0 Å². The van der Waals surface area contributed by atoms with Gasteiger partial charge in [-0.1, -0.05) is 13.0 Å². The summed E-state index contributed by atoms with van der Waals surface area (Å²) in [4.78, 5) is 9.63. The van der Waals surface area contributed by atoms with Crippen LogP contribution in [0.4, 0.5) is 0 Å². The van der Waals surface area contributed by atoms with Gasteiger partial charge in [-0.25, -0.2) is 0 Å². The van der Waals surface area contributed by atoms with E-state index in [0.717, 1.165) is 38.9 Å². The molecule has 17 heavy (non-hydrogen) atoms. The molecule has 2 unspecified atom stereocenters. The minimum absolute atomic E-state index is 0.327. The molecule has 3 heterocycles. The standard InChI is InChI=1S/C14H20N2O/c1-2-11-9-14-13(15-11)4-3-12(16-14)10-5-7-17-8-6-10/h3-4,10,13-14H,2,5-9H2,1H3. The number of aliphatic imine (C=N–C) groups is 2. The normalized spacial score (nSPS) is 33.2. The fourth-order valence-electron chi connectivity index (χ4n) is 2.91. The number of dihydropyridines is 1. The first kappa shape index (κ1) is 11.1. The Hall–Kier alpha value is -0.960. The van der Waals surface area contributed by atoms with Gasteiger partial charge in [-0.15, -0.1) is 0 Å². The number of ether oxygens (including phenoxy) is 1. The minimum Gasteiger partial charge on any atom is -0.381 e. The van der Waals surface area contributed by atoms with Crippen molar-refractivity contribution >= 4 is 11.4 Å². The summed E-state index contributed by atoms with van der Waals surface area (Å²) < 4.78 is 5.41. The van der Waals surface area contributed by atoms with Crippen molar-refractivity contribution in [2.45, 2.75) is 44.7 Å². The molecule has 0 radical (unpaired) electrons. The monoisotopic (exact) mass is 232 g/mol.